The predicted molar refractivity (Wildman–Crippen MR) is 68.6 cm³/mol. The molecule has 2 amide bonds. The number of amides is 2. The van der Waals surface area contributed by atoms with Crippen LogP contribution in [0.25, 0.3) is 0 Å². The first-order valence-corrected chi connectivity index (χ1v) is 6.42. The van der Waals surface area contributed by atoms with Crippen molar-refractivity contribution < 1.29 is 19.4 Å². The van der Waals surface area contributed by atoms with Gasteiger partial charge in [0.25, 0.3) is 0 Å². The Hall–Kier alpha value is -1.30. The van der Waals surface area contributed by atoms with Crippen molar-refractivity contribution in [2.45, 2.75) is 39.7 Å². The molecule has 0 aliphatic heterocycles. The fourth-order valence-corrected chi connectivity index (χ4v) is 1.51. The van der Waals surface area contributed by atoms with Crippen molar-refractivity contribution in [2.75, 3.05) is 26.3 Å². The Kier molecular flexibility index (Phi) is 9.00. The van der Waals surface area contributed by atoms with Crippen molar-refractivity contribution >= 4 is 12.0 Å². The molecule has 0 aromatic heterocycles. The molecule has 0 rings (SSSR count). The van der Waals surface area contributed by atoms with Gasteiger partial charge in [-0.1, -0.05) is 13.3 Å². The first-order valence-electron chi connectivity index (χ1n) is 6.42. The lowest BCUT2D eigenvalue weighted by molar-refractivity contribution is -0.139. The average Bonchev–Trinajstić information content (AvgIpc) is 2.33. The van der Waals surface area contributed by atoms with E-state index in [4.69, 9.17) is 9.84 Å². The normalized spacial score (nSPS) is 11.9. The van der Waals surface area contributed by atoms with E-state index in [2.05, 4.69) is 5.32 Å². The minimum absolute atomic E-state index is 0.349. The molecule has 6 heteroatoms. The molecule has 0 fully saturated rings. The molecule has 0 aromatic rings. The third-order valence-electron chi connectivity index (χ3n) is 2.55. The minimum Gasteiger partial charge on any atom is -0.480 e. The van der Waals surface area contributed by atoms with E-state index < -0.39 is 12.0 Å². The number of rotatable bonds is 9. The van der Waals surface area contributed by atoms with E-state index in [0.29, 0.717) is 39.1 Å². The van der Waals surface area contributed by atoms with Gasteiger partial charge in [-0.05, 0) is 20.3 Å². The first kappa shape index (κ1) is 16.7. The maximum absolute atomic E-state index is 11.9. The smallest absolute Gasteiger partial charge is 0.326 e. The summed E-state index contributed by atoms with van der Waals surface area (Å²) in [6.45, 7) is 7.68. The van der Waals surface area contributed by atoms with Crippen LogP contribution in [0.4, 0.5) is 4.79 Å². The highest BCUT2D eigenvalue weighted by Gasteiger charge is 2.21. The molecule has 0 unspecified atom stereocenters. The number of carbonyl (C=O) groups is 2. The zero-order valence-corrected chi connectivity index (χ0v) is 11.4. The van der Waals surface area contributed by atoms with Gasteiger partial charge in [0.05, 0.1) is 6.61 Å². The summed E-state index contributed by atoms with van der Waals surface area (Å²) in [7, 11) is 0. The van der Waals surface area contributed by atoms with Gasteiger partial charge in [0.15, 0.2) is 0 Å². The highest BCUT2D eigenvalue weighted by molar-refractivity contribution is 5.82. The number of likely N-dealkylation sites (N-methyl/N-ethyl adjacent to an activating group) is 1. The predicted octanol–water partition coefficient (Wildman–Crippen LogP) is 1.31. The van der Waals surface area contributed by atoms with E-state index in [9.17, 15) is 9.59 Å². The molecule has 0 aromatic carbocycles. The van der Waals surface area contributed by atoms with Crippen LogP contribution in [-0.4, -0.2) is 54.4 Å². The van der Waals surface area contributed by atoms with Gasteiger partial charge in [-0.15, -0.1) is 0 Å². The monoisotopic (exact) mass is 260 g/mol. The van der Waals surface area contributed by atoms with Crippen LogP contribution >= 0.6 is 0 Å². The number of carbonyl (C=O) groups excluding carboxylic acids is 1. The average molecular weight is 260 g/mol. The second-order valence-electron chi connectivity index (χ2n) is 3.91. The number of aliphatic carboxylic acids is 1. The number of hydrogen-bond acceptors (Lipinski definition) is 3. The zero-order valence-electron chi connectivity index (χ0n) is 11.4. The molecular weight excluding hydrogens is 236 g/mol. The van der Waals surface area contributed by atoms with Crippen molar-refractivity contribution in [3.8, 4) is 0 Å². The SMILES string of the molecule is CCC[C@H](NC(=O)N(CC)CCOCC)C(=O)O. The van der Waals surface area contributed by atoms with E-state index in [1.54, 1.807) is 4.90 Å². The molecule has 0 spiro atoms. The highest BCUT2D eigenvalue weighted by atomic mass is 16.5. The molecule has 0 aliphatic rings. The summed E-state index contributed by atoms with van der Waals surface area (Å²) < 4.78 is 5.18. The van der Waals surface area contributed by atoms with E-state index in [1.807, 2.05) is 20.8 Å². The van der Waals surface area contributed by atoms with Crippen LogP contribution in [0, 0.1) is 0 Å². The number of ether oxygens (including phenoxy) is 1. The van der Waals surface area contributed by atoms with Crippen LogP contribution in [0.5, 0.6) is 0 Å². The summed E-state index contributed by atoms with van der Waals surface area (Å²) in [4.78, 5) is 24.3. The second-order valence-corrected chi connectivity index (χ2v) is 3.91. The largest absolute Gasteiger partial charge is 0.480 e. The van der Waals surface area contributed by atoms with Crippen molar-refractivity contribution in [3.63, 3.8) is 0 Å². The van der Waals surface area contributed by atoms with Gasteiger partial charge >= 0.3 is 12.0 Å². The highest BCUT2D eigenvalue weighted by Crippen LogP contribution is 1.99. The molecular formula is C12H24N2O4. The molecule has 6 nitrogen and oxygen atoms in total. The number of nitrogens with one attached hydrogen (secondary N) is 1. The van der Waals surface area contributed by atoms with E-state index in [-0.39, 0.29) is 6.03 Å². The van der Waals surface area contributed by atoms with Gasteiger partial charge in [0.1, 0.15) is 6.04 Å². The summed E-state index contributed by atoms with van der Waals surface area (Å²) in [6, 6.07) is -1.17. The molecule has 0 saturated carbocycles. The Balaban J connectivity index is 4.26. The molecule has 0 heterocycles. The van der Waals surface area contributed by atoms with Crippen LogP contribution in [-0.2, 0) is 9.53 Å². The van der Waals surface area contributed by atoms with Crippen LogP contribution in [0.15, 0.2) is 0 Å². The van der Waals surface area contributed by atoms with Gasteiger partial charge < -0.3 is 20.1 Å². The van der Waals surface area contributed by atoms with Crippen LogP contribution < -0.4 is 5.32 Å². The number of urea groups is 1. The summed E-state index contributed by atoms with van der Waals surface area (Å²) in [5.41, 5.74) is 0. The molecule has 18 heavy (non-hydrogen) atoms. The molecule has 0 radical (unpaired) electrons. The van der Waals surface area contributed by atoms with E-state index in [1.165, 1.54) is 0 Å². The molecule has 0 bridgehead atoms. The van der Waals surface area contributed by atoms with Crippen molar-refractivity contribution in [3.05, 3.63) is 0 Å². The summed E-state index contributed by atoms with van der Waals surface area (Å²) in [5.74, 6) is -0.994. The number of carboxylic acids is 1. The Bertz CT molecular complexity index is 258. The van der Waals surface area contributed by atoms with Crippen molar-refractivity contribution in [1.29, 1.82) is 0 Å². The third kappa shape index (κ3) is 6.44. The number of hydrogen-bond donors (Lipinski definition) is 2. The Morgan fingerprint density at radius 2 is 2.00 bits per heavy atom. The fourth-order valence-electron chi connectivity index (χ4n) is 1.51. The van der Waals surface area contributed by atoms with Gasteiger partial charge in [0, 0.05) is 19.7 Å². The maximum Gasteiger partial charge on any atom is 0.326 e. The van der Waals surface area contributed by atoms with Gasteiger partial charge in [-0.25, -0.2) is 9.59 Å². The van der Waals surface area contributed by atoms with Crippen LogP contribution in [0.2, 0.25) is 0 Å². The summed E-state index contributed by atoms with van der Waals surface area (Å²) in [5, 5.41) is 11.5. The fraction of sp³-hybridized carbons (Fsp3) is 0.833. The second kappa shape index (κ2) is 9.70. The Labute approximate surface area is 108 Å². The Morgan fingerprint density at radius 1 is 1.33 bits per heavy atom. The lowest BCUT2D eigenvalue weighted by Gasteiger charge is -2.23. The molecule has 1 atom stereocenters. The molecule has 2 N–H and O–H groups in total. The number of nitrogens with zero attached hydrogens (tertiary/aromatic N) is 1. The number of carboxylic acid groups (broad SMARTS) is 1. The summed E-state index contributed by atoms with van der Waals surface area (Å²) >= 11 is 0. The lowest BCUT2D eigenvalue weighted by Crippen LogP contribution is -2.48. The maximum atomic E-state index is 11.9. The first-order chi connectivity index (χ1) is 8.56. The quantitative estimate of drug-likeness (QED) is 0.613. The van der Waals surface area contributed by atoms with E-state index in [0.717, 1.165) is 0 Å². The lowest BCUT2D eigenvalue weighted by atomic mass is 10.2. The van der Waals surface area contributed by atoms with Gasteiger partial charge in [-0.2, -0.15) is 0 Å². The topological polar surface area (TPSA) is 78.9 Å². The van der Waals surface area contributed by atoms with Gasteiger partial charge in [-0.3, -0.25) is 0 Å². The van der Waals surface area contributed by atoms with Crippen LogP contribution in [0.1, 0.15) is 33.6 Å². The van der Waals surface area contributed by atoms with Crippen molar-refractivity contribution in [1.82, 2.24) is 10.2 Å². The van der Waals surface area contributed by atoms with Crippen molar-refractivity contribution in [2.24, 2.45) is 0 Å². The standard InChI is InChI=1S/C12H24N2O4/c1-4-7-10(11(15)16)13-12(17)14(5-2)8-9-18-6-3/h10H,4-9H2,1-3H3,(H,13,17)(H,15,16)/t10-/m0/s1. The molecule has 0 aliphatic carbocycles. The minimum atomic E-state index is -0.994. The summed E-state index contributed by atoms with van der Waals surface area (Å²) in [6.07, 6.45) is 1.15. The third-order valence-corrected chi connectivity index (χ3v) is 2.55. The van der Waals surface area contributed by atoms with E-state index >= 15 is 0 Å². The molecule has 106 valence electrons. The van der Waals surface area contributed by atoms with Crippen LogP contribution in [0.3, 0.4) is 0 Å². The molecule has 0 saturated heterocycles. The Morgan fingerprint density at radius 3 is 2.44 bits per heavy atom. The van der Waals surface area contributed by atoms with Gasteiger partial charge in [0.2, 0.25) is 0 Å². The zero-order chi connectivity index (χ0) is 14.0.